The van der Waals surface area contributed by atoms with Crippen molar-refractivity contribution < 1.29 is 0 Å². The average molecular weight is 198 g/mol. The zero-order chi connectivity index (χ0) is 9.68. The first kappa shape index (κ1) is 10.7. The van der Waals surface area contributed by atoms with Crippen LogP contribution in [0, 0.1) is 0 Å². The monoisotopic (exact) mass is 198 g/mol. The Labute approximate surface area is 84.4 Å². The minimum Gasteiger partial charge on any atom is -0.327 e. The Morgan fingerprint density at radius 2 is 2.38 bits per heavy atom. The van der Waals surface area contributed by atoms with Crippen molar-refractivity contribution in [2.24, 2.45) is 5.73 Å². The molecule has 0 amide bonds. The third-order valence-corrected chi connectivity index (χ3v) is 2.94. The van der Waals surface area contributed by atoms with Crippen LogP contribution in [0.2, 0.25) is 0 Å². The van der Waals surface area contributed by atoms with Crippen LogP contribution in [0.5, 0.6) is 0 Å². The Morgan fingerprint density at radius 3 is 2.92 bits per heavy atom. The Morgan fingerprint density at radius 1 is 1.62 bits per heavy atom. The van der Waals surface area contributed by atoms with Gasteiger partial charge in [-0.3, -0.25) is 4.90 Å². The van der Waals surface area contributed by atoms with Gasteiger partial charge in [0.1, 0.15) is 0 Å². The van der Waals surface area contributed by atoms with Gasteiger partial charge in [0, 0.05) is 24.0 Å². The number of nitrogens with zero attached hydrogens (tertiary/aromatic N) is 1. The van der Waals surface area contributed by atoms with E-state index in [1.54, 1.807) is 11.3 Å². The molecule has 0 spiro atoms. The molecule has 0 saturated carbocycles. The summed E-state index contributed by atoms with van der Waals surface area (Å²) in [6.07, 6.45) is 1.05. The normalized spacial score (nSPS) is 13.5. The molecule has 0 aliphatic carbocycles. The van der Waals surface area contributed by atoms with E-state index in [2.05, 4.69) is 36.4 Å². The van der Waals surface area contributed by atoms with Gasteiger partial charge in [-0.15, -0.1) is 11.3 Å². The Bertz CT molecular complexity index is 221. The lowest BCUT2D eigenvalue weighted by molar-refractivity contribution is 0.303. The third-order valence-electron chi connectivity index (χ3n) is 2.08. The van der Waals surface area contributed by atoms with Gasteiger partial charge in [0.05, 0.1) is 0 Å². The molecule has 1 atom stereocenters. The Kier molecular flexibility index (Phi) is 4.42. The molecule has 0 aliphatic heterocycles. The van der Waals surface area contributed by atoms with E-state index in [4.69, 9.17) is 5.73 Å². The van der Waals surface area contributed by atoms with Crippen molar-refractivity contribution in [3.05, 3.63) is 22.4 Å². The van der Waals surface area contributed by atoms with Crippen molar-refractivity contribution in [3.63, 3.8) is 0 Å². The van der Waals surface area contributed by atoms with Crippen LogP contribution in [-0.2, 0) is 6.54 Å². The molecular weight excluding hydrogens is 180 g/mol. The van der Waals surface area contributed by atoms with Crippen LogP contribution in [0.1, 0.15) is 18.2 Å². The van der Waals surface area contributed by atoms with Gasteiger partial charge in [-0.05, 0) is 24.9 Å². The fourth-order valence-electron chi connectivity index (χ4n) is 1.26. The quantitative estimate of drug-likeness (QED) is 0.783. The maximum absolute atomic E-state index is 5.86. The van der Waals surface area contributed by atoms with E-state index < -0.39 is 0 Å². The van der Waals surface area contributed by atoms with Gasteiger partial charge in [-0.25, -0.2) is 0 Å². The highest BCUT2D eigenvalue weighted by Gasteiger charge is 2.05. The molecule has 2 N–H and O–H groups in total. The Hall–Kier alpha value is -0.380. The second-order valence-electron chi connectivity index (χ2n) is 3.44. The minimum absolute atomic E-state index is 0.310. The van der Waals surface area contributed by atoms with Crippen LogP contribution in [-0.4, -0.2) is 24.5 Å². The van der Waals surface area contributed by atoms with Crippen LogP contribution in [0.25, 0.3) is 0 Å². The maximum atomic E-state index is 5.86. The first-order valence-electron chi connectivity index (χ1n) is 4.69. The van der Waals surface area contributed by atoms with Crippen LogP contribution in [0.15, 0.2) is 17.5 Å². The molecule has 1 aromatic rings. The van der Waals surface area contributed by atoms with Crippen molar-refractivity contribution in [2.75, 3.05) is 13.6 Å². The lowest BCUT2D eigenvalue weighted by atomic mass is 10.2. The molecule has 1 rings (SSSR count). The topological polar surface area (TPSA) is 29.3 Å². The van der Waals surface area contributed by atoms with Crippen LogP contribution in [0.3, 0.4) is 0 Å². The van der Waals surface area contributed by atoms with Crippen molar-refractivity contribution in [1.29, 1.82) is 0 Å². The van der Waals surface area contributed by atoms with Crippen LogP contribution < -0.4 is 5.73 Å². The highest BCUT2D eigenvalue weighted by atomic mass is 32.1. The molecule has 13 heavy (non-hydrogen) atoms. The van der Waals surface area contributed by atoms with Crippen molar-refractivity contribution in [3.8, 4) is 0 Å². The number of likely N-dealkylation sites (N-methyl/N-ethyl adjacent to an activating group) is 1. The van der Waals surface area contributed by atoms with E-state index >= 15 is 0 Å². The molecule has 0 aliphatic rings. The fraction of sp³-hybridized carbons (Fsp3) is 0.600. The van der Waals surface area contributed by atoms with Gasteiger partial charge in [-0.1, -0.05) is 13.0 Å². The van der Waals surface area contributed by atoms with E-state index in [9.17, 15) is 0 Å². The third kappa shape index (κ3) is 3.89. The summed E-state index contributed by atoms with van der Waals surface area (Å²) in [4.78, 5) is 3.69. The highest BCUT2D eigenvalue weighted by molar-refractivity contribution is 7.09. The van der Waals surface area contributed by atoms with E-state index in [0.29, 0.717) is 6.04 Å². The lowest BCUT2D eigenvalue weighted by Gasteiger charge is -2.19. The minimum atomic E-state index is 0.310. The number of hydrogen-bond acceptors (Lipinski definition) is 3. The first-order valence-corrected chi connectivity index (χ1v) is 5.56. The van der Waals surface area contributed by atoms with Gasteiger partial charge in [-0.2, -0.15) is 0 Å². The number of thiophene rings is 1. The average Bonchev–Trinajstić information content (AvgIpc) is 2.56. The van der Waals surface area contributed by atoms with Gasteiger partial charge >= 0.3 is 0 Å². The standard InChI is InChI=1S/C10H18N2S/c1-3-9(11)7-12(2)8-10-5-4-6-13-10/h4-6,9H,3,7-8,11H2,1-2H3. The molecule has 1 unspecified atom stereocenters. The Balaban J connectivity index is 2.29. The molecule has 0 radical (unpaired) electrons. The van der Waals surface area contributed by atoms with E-state index in [1.165, 1.54) is 4.88 Å². The molecule has 0 fully saturated rings. The maximum Gasteiger partial charge on any atom is 0.0325 e. The smallest absolute Gasteiger partial charge is 0.0325 e. The second kappa shape index (κ2) is 5.37. The predicted octanol–water partition coefficient (Wildman–Crippen LogP) is 1.92. The summed E-state index contributed by atoms with van der Waals surface area (Å²) in [6, 6.07) is 4.57. The fourth-order valence-corrected chi connectivity index (χ4v) is 2.05. The molecule has 1 heterocycles. The summed E-state index contributed by atoms with van der Waals surface area (Å²) in [5, 5.41) is 2.11. The summed E-state index contributed by atoms with van der Waals surface area (Å²) < 4.78 is 0. The van der Waals surface area contributed by atoms with E-state index in [-0.39, 0.29) is 0 Å². The lowest BCUT2D eigenvalue weighted by Crippen LogP contribution is -2.34. The van der Waals surface area contributed by atoms with Crippen molar-refractivity contribution >= 4 is 11.3 Å². The second-order valence-corrected chi connectivity index (χ2v) is 4.48. The summed E-state index contributed by atoms with van der Waals surface area (Å²) in [5.74, 6) is 0. The van der Waals surface area contributed by atoms with Gasteiger partial charge in [0.25, 0.3) is 0 Å². The predicted molar refractivity (Wildman–Crippen MR) is 58.9 cm³/mol. The largest absolute Gasteiger partial charge is 0.327 e. The molecule has 74 valence electrons. The SMILES string of the molecule is CCC(N)CN(C)Cc1cccs1. The molecule has 2 nitrogen and oxygen atoms in total. The zero-order valence-corrected chi connectivity index (χ0v) is 9.18. The number of nitrogens with two attached hydrogens (primary N) is 1. The summed E-state index contributed by atoms with van der Waals surface area (Å²) >= 11 is 1.80. The van der Waals surface area contributed by atoms with Gasteiger partial charge in [0.15, 0.2) is 0 Å². The first-order chi connectivity index (χ1) is 6.22. The van der Waals surface area contributed by atoms with E-state index in [1.807, 2.05) is 0 Å². The molecule has 1 aromatic heterocycles. The molecule has 0 saturated heterocycles. The number of rotatable bonds is 5. The van der Waals surface area contributed by atoms with Crippen molar-refractivity contribution in [1.82, 2.24) is 4.90 Å². The molecule has 0 bridgehead atoms. The van der Waals surface area contributed by atoms with Crippen LogP contribution >= 0.6 is 11.3 Å². The van der Waals surface area contributed by atoms with Gasteiger partial charge < -0.3 is 5.73 Å². The van der Waals surface area contributed by atoms with Crippen LogP contribution in [0.4, 0.5) is 0 Å². The summed E-state index contributed by atoms with van der Waals surface area (Å²) in [6.45, 7) is 4.13. The molecule has 0 aromatic carbocycles. The molecular formula is C10H18N2S. The van der Waals surface area contributed by atoms with Gasteiger partial charge in [0.2, 0.25) is 0 Å². The van der Waals surface area contributed by atoms with Crippen molar-refractivity contribution in [2.45, 2.75) is 25.9 Å². The van der Waals surface area contributed by atoms with E-state index in [0.717, 1.165) is 19.5 Å². The number of hydrogen-bond donors (Lipinski definition) is 1. The summed E-state index contributed by atoms with van der Waals surface area (Å²) in [5.41, 5.74) is 5.86. The molecule has 3 heteroatoms. The summed E-state index contributed by atoms with van der Waals surface area (Å²) in [7, 11) is 2.12. The zero-order valence-electron chi connectivity index (χ0n) is 8.36. The highest BCUT2D eigenvalue weighted by Crippen LogP contribution is 2.10.